The number of para-hydroxylation sites is 1. The number of hydrogen-bond acceptors (Lipinski definition) is 1. The van der Waals surface area contributed by atoms with Gasteiger partial charge in [-0.05, 0) is 30.9 Å². The molecule has 0 amide bonds. The first-order valence-electron chi connectivity index (χ1n) is 5.52. The summed E-state index contributed by atoms with van der Waals surface area (Å²) < 4.78 is 0. The third kappa shape index (κ3) is 1.21. The lowest BCUT2D eigenvalue weighted by Gasteiger charge is -2.08. The van der Waals surface area contributed by atoms with Crippen LogP contribution in [0.4, 0.5) is 0 Å². The molecule has 0 aliphatic carbocycles. The van der Waals surface area contributed by atoms with E-state index in [2.05, 4.69) is 55.2 Å². The predicted molar refractivity (Wildman–Crippen MR) is 68.7 cm³/mol. The average molecular weight is 207 g/mol. The molecular formula is C15H13N. The Balaban J connectivity index is 2.65. The van der Waals surface area contributed by atoms with Crippen LogP contribution in [0.15, 0.2) is 42.5 Å². The zero-order valence-corrected chi connectivity index (χ0v) is 9.49. The van der Waals surface area contributed by atoms with E-state index in [1.54, 1.807) is 0 Å². The van der Waals surface area contributed by atoms with Crippen molar-refractivity contribution in [1.82, 2.24) is 4.98 Å². The molecule has 78 valence electrons. The van der Waals surface area contributed by atoms with Crippen molar-refractivity contribution in [3.63, 3.8) is 0 Å². The van der Waals surface area contributed by atoms with Gasteiger partial charge in [0.1, 0.15) is 0 Å². The van der Waals surface area contributed by atoms with Gasteiger partial charge < -0.3 is 0 Å². The van der Waals surface area contributed by atoms with E-state index in [4.69, 9.17) is 0 Å². The van der Waals surface area contributed by atoms with Gasteiger partial charge in [-0.25, -0.2) is 0 Å². The van der Waals surface area contributed by atoms with Crippen LogP contribution in [0.25, 0.3) is 21.7 Å². The highest BCUT2D eigenvalue weighted by atomic mass is 14.7. The number of benzene rings is 2. The number of hydrogen-bond donors (Lipinski definition) is 0. The second kappa shape index (κ2) is 3.31. The second-order valence-electron chi connectivity index (χ2n) is 4.21. The van der Waals surface area contributed by atoms with Gasteiger partial charge in [-0.2, -0.15) is 0 Å². The molecule has 1 heteroatoms. The number of rotatable bonds is 0. The molecule has 2 aromatic carbocycles. The van der Waals surface area contributed by atoms with E-state index in [0.29, 0.717) is 0 Å². The molecule has 1 nitrogen and oxygen atoms in total. The van der Waals surface area contributed by atoms with Crippen molar-refractivity contribution in [3.05, 3.63) is 53.7 Å². The van der Waals surface area contributed by atoms with Gasteiger partial charge >= 0.3 is 0 Å². The van der Waals surface area contributed by atoms with Gasteiger partial charge in [0.05, 0.1) is 5.52 Å². The summed E-state index contributed by atoms with van der Waals surface area (Å²) in [5.41, 5.74) is 3.50. The Hall–Kier alpha value is -1.89. The van der Waals surface area contributed by atoms with Gasteiger partial charge in [0.15, 0.2) is 0 Å². The third-order valence-electron chi connectivity index (χ3n) is 3.12. The smallest absolute Gasteiger partial charge is 0.0711 e. The molecular weight excluding hydrogens is 194 g/mol. The minimum absolute atomic E-state index is 1.08. The Morgan fingerprint density at radius 3 is 2.44 bits per heavy atom. The van der Waals surface area contributed by atoms with Crippen LogP contribution in [0.1, 0.15) is 11.3 Å². The summed E-state index contributed by atoms with van der Waals surface area (Å²) in [7, 11) is 0. The second-order valence-corrected chi connectivity index (χ2v) is 4.21. The van der Waals surface area contributed by atoms with Crippen LogP contribution in [0.2, 0.25) is 0 Å². The van der Waals surface area contributed by atoms with Gasteiger partial charge in [0.2, 0.25) is 0 Å². The largest absolute Gasteiger partial charge is 0.252 e. The van der Waals surface area contributed by atoms with Crippen LogP contribution < -0.4 is 0 Å². The van der Waals surface area contributed by atoms with Crippen molar-refractivity contribution >= 4 is 21.7 Å². The SMILES string of the molecule is Cc1cccc2c1c(C)nc1ccccc12. The molecule has 3 aromatic rings. The summed E-state index contributed by atoms with van der Waals surface area (Å²) in [5, 5.41) is 3.84. The summed E-state index contributed by atoms with van der Waals surface area (Å²) in [6, 6.07) is 14.8. The maximum atomic E-state index is 4.66. The van der Waals surface area contributed by atoms with Crippen LogP contribution in [0.5, 0.6) is 0 Å². The topological polar surface area (TPSA) is 12.9 Å². The summed E-state index contributed by atoms with van der Waals surface area (Å²) >= 11 is 0. The molecule has 0 N–H and O–H groups in total. The van der Waals surface area contributed by atoms with Crippen LogP contribution >= 0.6 is 0 Å². The molecule has 3 rings (SSSR count). The number of pyridine rings is 1. The number of aryl methyl sites for hydroxylation is 2. The van der Waals surface area contributed by atoms with E-state index in [0.717, 1.165) is 11.2 Å². The Labute approximate surface area is 94.7 Å². The number of aromatic nitrogens is 1. The molecule has 0 radical (unpaired) electrons. The number of nitrogens with zero attached hydrogens (tertiary/aromatic N) is 1. The molecule has 0 spiro atoms. The fraction of sp³-hybridized carbons (Fsp3) is 0.133. The van der Waals surface area contributed by atoms with Crippen molar-refractivity contribution in [2.75, 3.05) is 0 Å². The Bertz CT molecular complexity index is 683. The molecule has 0 atom stereocenters. The lowest BCUT2D eigenvalue weighted by molar-refractivity contribution is 1.28. The van der Waals surface area contributed by atoms with Crippen LogP contribution in [-0.4, -0.2) is 4.98 Å². The van der Waals surface area contributed by atoms with E-state index >= 15 is 0 Å². The average Bonchev–Trinajstić information content (AvgIpc) is 2.29. The summed E-state index contributed by atoms with van der Waals surface area (Å²) in [5.74, 6) is 0. The first kappa shape index (κ1) is 9.34. The van der Waals surface area contributed by atoms with E-state index < -0.39 is 0 Å². The predicted octanol–water partition coefficient (Wildman–Crippen LogP) is 4.00. The Morgan fingerprint density at radius 1 is 0.812 bits per heavy atom. The highest BCUT2D eigenvalue weighted by Gasteiger charge is 2.06. The van der Waals surface area contributed by atoms with Gasteiger partial charge in [0.25, 0.3) is 0 Å². The van der Waals surface area contributed by atoms with E-state index in [1.807, 2.05) is 6.07 Å². The first-order valence-corrected chi connectivity index (χ1v) is 5.52. The first-order chi connectivity index (χ1) is 7.77. The molecule has 0 saturated carbocycles. The standard InChI is InChI=1S/C15H13N/c1-10-6-5-8-13-12-7-3-4-9-14(12)16-11(2)15(10)13/h3-9H,1-2H3. The van der Waals surface area contributed by atoms with Crippen molar-refractivity contribution in [1.29, 1.82) is 0 Å². The normalized spacial score (nSPS) is 11.1. The van der Waals surface area contributed by atoms with Gasteiger partial charge in [-0.15, -0.1) is 0 Å². The van der Waals surface area contributed by atoms with Gasteiger partial charge in [-0.1, -0.05) is 36.4 Å². The molecule has 0 fully saturated rings. The lowest BCUT2D eigenvalue weighted by Crippen LogP contribution is -1.89. The monoisotopic (exact) mass is 207 g/mol. The van der Waals surface area contributed by atoms with Gasteiger partial charge in [-0.3, -0.25) is 4.98 Å². The molecule has 0 aliphatic rings. The molecule has 0 saturated heterocycles. The minimum Gasteiger partial charge on any atom is -0.252 e. The maximum Gasteiger partial charge on any atom is 0.0711 e. The van der Waals surface area contributed by atoms with Crippen molar-refractivity contribution in [3.8, 4) is 0 Å². The summed E-state index contributed by atoms with van der Waals surface area (Å²) in [6.07, 6.45) is 0. The number of fused-ring (bicyclic) bond motifs is 3. The zero-order valence-electron chi connectivity index (χ0n) is 9.49. The molecule has 0 bridgehead atoms. The van der Waals surface area contributed by atoms with Crippen LogP contribution in [0.3, 0.4) is 0 Å². The zero-order chi connectivity index (χ0) is 11.1. The van der Waals surface area contributed by atoms with Crippen molar-refractivity contribution in [2.24, 2.45) is 0 Å². The Kier molecular flexibility index (Phi) is 1.93. The molecule has 0 aliphatic heterocycles. The minimum atomic E-state index is 1.08. The highest BCUT2D eigenvalue weighted by Crippen LogP contribution is 2.27. The lowest BCUT2D eigenvalue weighted by atomic mass is 10.0. The van der Waals surface area contributed by atoms with E-state index in [9.17, 15) is 0 Å². The van der Waals surface area contributed by atoms with Crippen LogP contribution in [0, 0.1) is 13.8 Å². The molecule has 1 heterocycles. The van der Waals surface area contributed by atoms with E-state index in [-0.39, 0.29) is 0 Å². The summed E-state index contributed by atoms with van der Waals surface area (Å²) in [6.45, 7) is 4.23. The van der Waals surface area contributed by atoms with Crippen molar-refractivity contribution < 1.29 is 0 Å². The fourth-order valence-corrected chi connectivity index (χ4v) is 2.41. The fourth-order valence-electron chi connectivity index (χ4n) is 2.41. The maximum absolute atomic E-state index is 4.66. The van der Waals surface area contributed by atoms with Gasteiger partial charge in [0, 0.05) is 16.5 Å². The molecule has 1 aromatic heterocycles. The third-order valence-corrected chi connectivity index (χ3v) is 3.12. The molecule has 0 unspecified atom stereocenters. The molecule has 16 heavy (non-hydrogen) atoms. The quantitative estimate of drug-likeness (QED) is 0.508. The van der Waals surface area contributed by atoms with Crippen molar-refractivity contribution in [2.45, 2.75) is 13.8 Å². The Morgan fingerprint density at radius 2 is 1.56 bits per heavy atom. The summed E-state index contributed by atoms with van der Waals surface area (Å²) in [4.78, 5) is 4.66. The highest BCUT2D eigenvalue weighted by molar-refractivity contribution is 6.07. The van der Waals surface area contributed by atoms with E-state index in [1.165, 1.54) is 21.7 Å². The van der Waals surface area contributed by atoms with Crippen LogP contribution in [-0.2, 0) is 0 Å².